The van der Waals surface area contributed by atoms with Crippen molar-refractivity contribution >= 4 is 11.6 Å². The lowest BCUT2D eigenvalue weighted by Gasteiger charge is -2.16. The van der Waals surface area contributed by atoms with Crippen molar-refractivity contribution in [3.63, 3.8) is 0 Å². The van der Waals surface area contributed by atoms with Crippen molar-refractivity contribution in [2.45, 2.75) is 26.5 Å². The Labute approximate surface area is 162 Å². The summed E-state index contributed by atoms with van der Waals surface area (Å²) in [5, 5.41) is 16.4. The summed E-state index contributed by atoms with van der Waals surface area (Å²) < 4.78 is 55.2. The van der Waals surface area contributed by atoms with Crippen LogP contribution in [0.1, 0.15) is 29.7 Å². The second-order valence-corrected chi connectivity index (χ2v) is 6.44. The number of hydrogen-bond donors (Lipinski definition) is 2. The van der Waals surface area contributed by atoms with Crippen LogP contribution in [-0.2, 0) is 6.54 Å². The van der Waals surface area contributed by atoms with Crippen LogP contribution >= 0.6 is 0 Å². The number of aryl methyl sites for hydroxylation is 1. The summed E-state index contributed by atoms with van der Waals surface area (Å²) in [6.07, 6.45) is -0.175. The second kappa shape index (κ2) is 8.00. The molecule has 3 rings (SSSR count). The fourth-order valence-electron chi connectivity index (χ4n) is 2.71. The Morgan fingerprint density at radius 1 is 1.10 bits per heavy atom. The van der Waals surface area contributed by atoms with Gasteiger partial charge < -0.3 is 10.4 Å². The molecule has 0 amide bonds. The van der Waals surface area contributed by atoms with Crippen LogP contribution in [0.25, 0.3) is 0 Å². The number of benzene rings is 2. The highest BCUT2D eigenvalue weighted by molar-refractivity contribution is 5.60. The third-order valence-electron chi connectivity index (χ3n) is 4.18. The zero-order valence-corrected chi connectivity index (χ0v) is 15.4. The summed E-state index contributed by atoms with van der Waals surface area (Å²) in [5.41, 5.74) is 0.181. The molecule has 29 heavy (non-hydrogen) atoms. The molecule has 1 unspecified atom stereocenters. The highest BCUT2D eigenvalue weighted by atomic mass is 19.2. The zero-order chi connectivity index (χ0) is 21.3. The van der Waals surface area contributed by atoms with Crippen LogP contribution in [0, 0.1) is 30.2 Å². The molecular formula is C19H16F4N4O2. The number of aliphatic hydroxyl groups excluding tert-OH is 1. The van der Waals surface area contributed by atoms with Crippen LogP contribution < -0.4 is 10.9 Å². The van der Waals surface area contributed by atoms with Gasteiger partial charge in [-0.3, -0.25) is 4.79 Å². The average molecular weight is 408 g/mol. The molecule has 0 bridgehead atoms. The van der Waals surface area contributed by atoms with Crippen LogP contribution in [0.2, 0.25) is 0 Å². The largest absolute Gasteiger partial charge is 0.389 e. The molecule has 1 aromatic heterocycles. The van der Waals surface area contributed by atoms with Gasteiger partial charge in [0.1, 0.15) is 12.0 Å². The first kappa shape index (κ1) is 20.5. The number of hydrogen-bond acceptors (Lipinski definition) is 5. The van der Waals surface area contributed by atoms with Crippen molar-refractivity contribution < 1.29 is 22.7 Å². The Hall–Kier alpha value is -3.27. The fourth-order valence-corrected chi connectivity index (χ4v) is 2.71. The van der Waals surface area contributed by atoms with E-state index in [0.29, 0.717) is 11.3 Å². The number of nitrogens with one attached hydrogen (secondary N) is 1. The lowest BCUT2D eigenvalue weighted by atomic mass is 10.1. The summed E-state index contributed by atoms with van der Waals surface area (Å²) in [7, 11) is 0. The van der Waals surface area contributed by atoms with Crippen LogP contribution in [0.5, 0.6) is 0 Å². The molecule has 0 spiro atoms. The summed E-state index contributed by atoms with van der Waals surface area (Å²) in [5.74, 6) is -5.00. The van der Waals surface area contributed by atoms with E-state index >= 15 is 0 Å². The van der Waals surface area contributed by atoms with Crippen LogP contribution in [0.15, 0.2) is 35.3 Å². The molecule has 0 fully saturated rings. The predicted octanol–water partition coefficient (Wildman–Crippen LogP) is 3.35. The predicted molar refractivity (Wildman–Crippen MR) is 96.8 cm³/mol. The molecule has 0 aliphatic carbocycles. The first-order valence-corrected chi connectivity index (χ1v) is 8.48. The van der Waals surface area contributed by atoms with E-state index < -0.39 is 34.9 Å². The first-order chi connectivity index (χ1) is 13.7. The highest BCUT2D eigenvalue weighted by Crippen LogP contribution is 2.26. The van der Waals surface area contributed by atoms with E-state index in [-0.39, 0.29) is 23.6 Å². The minimum atomic E-state index is -1.59. The Kier molecular flexibility index (Phi) is 5.64. The summed E-state index contributed by atoms with van der Waals surface area (Å²) in [4.78, 5) is 15.4. The third kappa shape index (κ3) is 4.43. The molecule has 2 aromatic carbocycles. The number of aromatic nitrogens is 3. The lowest BCUT2D eigenvalue weighted by molar-refractivity contribution is 0.194. The van der Waals surface area contributed by atoms with E-state index in [2.05, 4.69) is 15.4 Å². The van der Waals surface area contributed by atoms with Gasteiger partial charge in [-0.05, 0) is 49.2 Å². The van der Waals surface area contributed by atoms with Crippen molar-refractivity contribution in [3.8, 4) is 0 Å². The SMILES string of the molecule is Cc1cc(F)c(C(C)O)cc1Nc1nc(=O)cnn1Cc1cc(F)c(F)c(F)c1. The zero-order valence-electron chi connectivity index (χ0n) is 15.4. The normalized spacial score (nSPS) is 12.1. The van der Waals surface area contributed by atoms with E-state index in [9.17, 15) is 27.5 Å². The van der Waals surface area contributed by atoms with Gasteiger partial charge in [0, 0.05) is 11.3 Å². The van der Waals surface area contributed by atoms with Crippen molar-refractivity contribution in [2.75, 3.05) is 5.32 Å². The number of halogens is 4. The quantitative estimate of drug-likeness (QED) is 0.500. The molecule has 152 valence electrons. The summed E-state index contributed by atoms with van der Waals surface area (Å²) in [6, 6.07) is 4.16. The Balaban J connectivity index is 2.01. The minimum absolute atomic E-state index is 0.0264. The van der Waals surface area contributed by atoms with Gasteiger partial charge in [0.25, 0.3) is 5.56 Å². The Morgan fingerprint density at radius 3 is 2.38 bits per heavy atom. The van der Waals surface area contributed by atoms with Gasteiger partial charge >= 0.3 is 0 Å². The number of rotatable bonds is 5. The third-order valence-corrected chi connectivity index (χ3v) is 4.18. The number of nitrogens with zero attached hydrogens (tertiary/aromatic N) is 3. The van der Waals surface area contributed by atoms with E-state index in [1.165, 1.54) is 19.1 Å². The van der Waals surface area contributed by atoms with Crippen LogP contribution in [0.4, 0.5) is 29.2 Å². The maximum atomic E-state index is 14.0. The molecule has 1 heterocycles. The molecule has 0 aliphatic rings. The first-order valence-electron chi connectivity index (χ1n) is 8.48. The minimum Gasteiger partial charge on any atom is -0.389 e. The molecule has 3 aromatic rings. The summed E-state index contributed by atoms with van der Waals surface area (Å²) in [6.45, 7) is 2.77. The van der Waals surface area contributed by atoms with Crippen molar-refractivity contribution in [3.05, 3.63) is 80.8 Å². The van der Waals surface area contributed by atoms with Crippen molar-refractivity contribution in [1.82, 2.24) is 14.8 Å². The average Bonchev–Trinajstić information content (AvgIpc) is 2.63. The van der Waals surface area contributed by atoms with Gasteiger partial charge in [-0.2, -0.15) is 10.1 Å². The summed E-state index contributed by atoms with van der Waals surface area (Å²) >= 11 is 0. The topological polar surface area (TPSA) is 80.0 Å². The molecule has 0 saturated heterocycles. The molecule has 0 saturated carbocycles. The molecule has 10 heteroatoms. The standard InChI is InChI=1S/C19H16F4N4O2/c1-9-3-13(20)12(10(2)28)6-16(9)25-19-26-17(29)7-24-27(19)8-11-4-14(21)18(23)15(22)5-11/h3-7,10,28H,8H2,1-2H3,(H,25,26,29). The Morgan fingerprint density at radius 2 is 1.76 bits per heavy atom. The number of anilines is 2. The van der Waals surface area contributed by atoms with E-state index in [1.54, 1.807) is 6.92 Å². The van der Waals surface area contributed by atoms with E-state index in [1.807, 2.05) is 0 Å². The maximum absolute atomic E-state index is 14.0. The van der Waals surface area contributed by atoms with Gasteiger partial charge in [-0.1, -0.05) is 0 Å². The monoisotopic (exact) mass is 408 g/mol. The highest BCUT2D eigenvalue weighted by Gasteiger charge is 2.15. The Bertz CT molecular complexity index is 1110. The molecule has 2 N–H and O–H groups in total. The van der Waals surface area contributed by atoms with Crippen LogP contribution in [-0.4, -0.2) is 19.9 Å². The van der Waals surface area contributed by atoms with Crippen LogP contribution in [0.3, 0.4) is 0 Å². The van der Waals surface area contributed by atoms with Crippen molar-refractivity contribution in [1.29, 1.82) is 0 Å². The smallest absolute Gasteiger partial charge is 0.293 e. The van der Waals surface area contributed by atoms with Gasteiger partial charge in [-0.15, -0.1) is 0 Å². The second-order valence-electron chi connectivity index (χ2n) is 6.44. The van der Waals surface area contributed by atoms with Gasteiger partial charge in [-0.25, -0.2) is 22.2 Å². The van der Waals surface area contributed by atoms with Gasteiger partial charge in [0.15, 0.2) is 17.5 Å². The lowest BCUT2D eigenvalue weighted by Crippen LogP contribution is -2.20. The van der Waals surface area contributed by atoms with Gasteiger partial charge in [0.05, 0.1) is 12.6 Å². The van der Waals surface area contributed by atoms with Gasteiger partial charge in [0.2, 0.25) is 5.95 Å². The van der Waals surface area contributed by atoms with E-state index in [4.69, 9.17) is 0 Å². The molecule has 1 atom stereocenters. The maximum Gasteiger partial charge on any atom is 0.293 e. The molecule has 6 nitrogen and oxygen atoms in total. The van der Waals surface area contributed by atoms with Crippen molar-refractivity contribution in [2.24, 2.45) is 0 Å². The number of aliphatic hydroxyl groups is 1. The molecular weight excluding hydrogens is 392 g/mol. The molecule has 0 aliphatic heterocycles. The fraction of sp³-hybridized carbons (Fsp3) is 0.211. The molecule has 0 radical (unpaired) electrons. The van der Waals surface area contributed by atoms with E-state index in [0.717, 1.165) is 23.0 Å².